The molecule has 0 aliphatic heterocycles. The number of carbonyl (C=O) groups excluding carboxylic acids is 1. The summed E-state index contributed by atoms with van der Waals surface area (Å²) in [4.78, 5) is 40.7. The van der Waals surface area contributed by atoms with Crippen molar-refractivity contribution in [2.24, 2.45) is 0 Å². The van der Waals surface area contributed by atoms with Crippen LogP contribution in [0.2, 0.25) is 0 Å². The first-order valence-corrected chi connectivity index (χ1v) is 13.6. The van der Waals surface area contributed by atoms with Crippen LogP contribution in [-0.2, 0) is 9.13 Å². The van der Waals surface area contributed by atoms with E-state index in [0.717, 1.165) is 0 Å². The zero-order valence-corrected chi connectivity index (χ0v) is 23.1. The number of anilines is 1. The van der Waals surface area contributed by atoms with Crippen LogP contribution in [0.5, 0.6) is 17.2 Å². The topological polar surface area (TPSA) is 155 Å². The van der Waals surface area contributed by atoms with Crippen LogP contribution in [0.3, 0.4) is 0 Å². The molecule has 0 saturated carbocycles. The molecule has 0 radical (unpaired) electrons. The summed E-state index contributed by atoms with van der Waals surface area (Å²) in [5.41, 5.74) is 0.858. The summed E-state index contributed by atoms with van der Waals surface area (Å²) in [6.45, 7) is 0.269. The number of hydrogen-bond acceptors (Lipinski definition) is 10. The van der Waals surface area contributed by atoms with Crippen molar-refractivity contribution in [1.82, 2.24) is 5.16 Å². The summed E-state index contributed by atoms with van der Waals surface area (Å²) in [6, 6.07) is 20.1. The fourth-order valence-electron chi connectivity index (χ4n) is 3.30. The van der Waals surface area contributed by atoms with Crippen molar-refractivity contribution >= 4 is 47.4 Å². The van der Waals surface area contributed by atoms with Gasteiger partial charge in [-0.2, -0.15) is 0 Å². The van der Waals surface area contributed by atoms with Crippen molar-refractivity contribution in [3.05, 3.63) is 94.9 Å². The van der Waals surface area contributed by atoms with E-state index in [1.54, 1.807) is 60.7 Å². The van der Waals surface area contributed by atoms with Gasteiger partial charge >= 0.3 is 11.0 Å². The van der Waals surface area contributed by atoms with Crippen molar-refractivity contribution in [2.75, 3.05) is 24.8 Å². The Hall–Kier alpha value is -4.66. The van der Waals surface area contributed by atoms with Gasteiger partial charge in [-0.3, -0.25) is 4.79 Å². The molecule has 0 fully saturated rings. The smallest absolute Gasteiger partial charge is 0.343 e. The van der Waals surface area contributed by atoms with Crippen LogP contribution in [0.25, 0.3) is 6.08 Å². The molecular weight excluding hydrogens is 574 g/mol. The van der Waals surface area contributed by atoms with Crippen molar-refractivity contribution in [1.29, 1.82) is 0 Å². The van der Waals surface area contributed by atoms with Crippen LogP contribution in [0.4, 0.5) is 5.69 Å². The normalized spacial score (nSPS) is 10.9. The number of aromatic nitrogens is 2. The van der Waals surface area contributed by atoms with Crippen molar-refractivity contribution < 1.29 is 42.6 Å². The number of aromatic amines is 1. The van der Waals surface area contributed by atoms with E-state index < -0.39 is 11.9 Å². The monoisotopic (exact) mass is 598 g/mol. The fraction of sp³-hybridized carbons (Fsp3) is 0.111. The van der Waals surface area contributed by atoms with E-state index >= 15 is 0 Å². The lowest BCUT2D eigenvalue weighted by atomic mass is 10.1. The van der Waals surface area contributed by atoms with Crippen molar-refractivity contribution in [3.8, 4) is 17.2 Å². The molecule has 0 aliphatic rings. The molecule has 0 saturated heterocycles. The van der Waals surface area contributed by atoms with Gasteiger partial charge in [-0.05, 0) is 52.9 Å². The fourth-order valence-corrected chi connectivity index (χ4v) is 4.64. The molecule has 1 aromatic heterocycles. The minimum Gasteiger partial charge on any atom is -0.493 e. The Morgan fingerprint density at radius 1 is 1.07 bits per heavy atom. The van der Waals surface area contributed by atoms with Gasteiger partial charge in [-0.1, -0.05) is 57.9 Å². The Morgan fingerprint density at radius 3 is 2.63 bits per heavy atom. The first kappa shape index (κ1) is 29.3. The molecule has 0 unspecified atom stereocenters. The zero-order chi connectivity index (χ0) is 29.0. The number of carbonyl (C=O) groups is 2. The van der Waals surface area contributed by atoms with Crippen LogP contribution in [-0.4, -0.2) is 41.6 Å². The Balaban J connectivity index is 1.27. The molecule has 4 aromatic rings. The molecule has 3 aromatic carbocycles. The van der Waals surface area contributed by atoms with E-state index in [1.165, 1.54) is 37.1 Å². The number of aromatic carboxylic acids is 1. The number of methoxy groups -OCH3 is 1. The molecule has 0 aliphatic carbocycles. The average Bonchev–Trinajstić information content (AvgIpc) is 3.33. The van der Waals surface area contributed by atoms with Gasteiger partial charge in [0.05, 0.1) is 25.0 Å². The number of carboxylic acids is 1. The molecule has 4 rings (SSSR count). The van der Waals surface area contributed by atoms with E-state index in [4.69, 9.17) is 23.3 Å². The SMILES string of the molecule is COc1cc(C=CC(=O)Nc2ccccc2C(=O)O)ccc1OCCSc1[nH]o[n+](=O)c1SOOc1ccccc1. The van der Waals surface area contributed by atoms with E-state index in [2.05, 4.69) is 10.5 Å². The number of thioether (sulfide) groups is 1. The minimum absolute atomic E-state index is 0.00569. The second-order valence-corrected chi connectivity index (χ2v) is 9.71. The summed E-state index contributed by atoms with van der Waals surface area (Å²) in [5.74, 6) is 0.236. The van der Waals surface area contributed by atoms with Crippen LogP contribution in [0.15, 0.2) is 93.6 Å². The lowest BCUT2D eigenvalue weighted by molar-refractivity contribution is -0.744. The molecule has 0 bridgehead atoms. The first-order valence-electron chi connectivity index (χ1n) is 11.9. The summed E-state index contributed by atoms with van der Waals surface area (Å²) < 4.78 is 21.4. The molecule has 0 atom stereocenters. The lowest BCUT2D eigenvalue weighted by Crippen LogP contribution is -2.12. The first-order chi connectivity index (χ1) is 19.9. The van der Waals surface area contributed by atoms with Crippen LogP contribution in [0.1, 0.15) is 15.9 Å². The molecule has 1 heterocycles. The summed E-state index contributed by atoms with van der Waals surface area (Å²) >= 11 is 1.99. The lowest BCUT2D eigenvalue weighted by Gasteiger charge is -2.11. The second-order valence-electron chi connectivity index (χ2n) is 7.91. The molecule has 1 amide bonds. The minimum atomic E-state index is -1.14. The van der Waals surface area contributed by atoms with Crippen molar-refractivity contribution in [3.63, 3.8) is 0 Å². The van der Waals surface area contributed by atoms with E-state index in [1.807, 2.05) is 6.07 Å². The number of benzene rings is 3. The molecule has 212 valence electrons. The highest BCUT2D eigenvalue weighted by Gasteiger charge is 2.23. The molecular formula is C27H24N3O9S2+. The van der Waals surface area contributed by atoms with Gasteiger partial charge in [0, 0.05) is 11.8 Å². The summed E-state index contributed by atoms with van der Waals surface area (Å²) in [6.07, 6.45) is 2.86. The van der Waals surface area contributed by atoms with E-state index in [0.29, 0.717) is 45.6 Å². The third-order valence-electron chi connectivity index (χ3n) is 5.19. The third kappa shape index (κ3) is 8.41. The van der Waals surface area contributed by atoms with Gasteiger partial charge in [0.15, 0.2) is 21.8 Å². The Labute approximate surface area is 241 Å². The summed E-state index contributed by atoms with van der Waals surface area (Å²) in [5, 5.41) is 14.9. The van der Waals surface area contributed by atoms with Crippen molar-refractivity contribution in [2.45, 2.75) is 10.1 Å². The average molecular weight is 599 g/mol. The third-order valence-corrected chi connectivity index (χ3v) is 6.90. The number of nitrogens with one attached hydrogen (secondary N) is 2. The largest absolute Gasteiger partial charge is 0.493 e. The highest BCUT2D eigenvalue weighted by atomic mass is 32.2. The van der Waals surface area contributed by atoms with Gasteiger partial charge < -0.3 is 24.8 Å². The molecule has 0 spiro atoms. The van der Waals surface area contributed by atoms with E-state index in [9.17, 15) is 19.6 Å². The van der Waals surface area contributed by atoms with Gasteiger partial charge in [-0.25, -0.2) is 4.79 Å². The number of para-hydroxylation sites is 2. The van der Waals surface area contributed by atoms with Gasteiger partial charge in [0.25, 0.3) is 5.03 Å². The number of amides is 1. The molecule has 12 nitrogen and oxygen atoms in total. The Kier molecular flexibility index (Phi) is 10.5. The van der Waals surface area contributed by atoms with Gasteiger partial charge in [-0.15, -0.1) is 4.33 Å². The number of ether oxygens (including phenoxy) is 2. The predicted molar refractivity (Wildman–Crippen MR) is 151 cm³/mol. The number of H-pyrrole nitrogens is 1. The standard InChI is InChI=1S/C27H23N3O9S2/c1-35-23-17-18(12-14-24(31)28-21-10-6-5-9-20(21)27(32)33)11-13-22(23)36-15-16-40-25-26(30(34)38-29-25)41-39-37-19-7-3-2-4-8-19/h2-14,17H,15-16H2,1H3,(H2-,28,29,31,32,33,34)/p+1. The molecule has 14 heteroatoms. The quantitative estimate of drug-likeness (QED) is 0.0445. The maximum absolute atomic E-state index is 12.3. The number of hydrogen-bond donors (Lipinski definition) is 3. The number of carboxylic acid groups (broad SMARTS) is 1. The maximum atomic E-state index is 12.3. The molecule has 3 N–H and O–H groups in total. The number of nitrogens with zero attached hydrogens (tertiary/aromatic N) is 1. The molecule has 41 heavy (non-hydrogen) atoms. The Bertz CT molecular complexity index is 1570. The van der Waals surface area contributed by atoms with E-state index in [-0.39, 0.29) is 27.5 Å². The highest BCUT2D eigenvalue weighted by Crippen LogP contribution is 2.30. The second kappa shape index (κ2) is 14.6. The van der Waals surface area contributed by atoms with Crippen LogP contribution >= 0.6 is 23.8 Å². The zero-order valence-electron chi connectivity index (χ0n) is 21.5. The van der Waals surface area contributed by atoms with Crippen LogP contribution < -0.4 is 24.3 Å². The Morgan fingerprint density at radius 2 is 1.85 bits per heavy atom. The van der Waals surface area contributed by atoms with Gasteiger partial charge in [0.1, 0.15) is 12.0 Å². The van der Waals surface area contributed by atoms with Gasteiger partial charge in [0.2, 0.25) is 5.91 Å². The predicted octanol–water partition coefficient (Wildman–Crippen LogP) is 5.07. The summed E-state index contributed by atoms with van der Waals surface area (Å²) in [7, 11) is 1.49. The highest BCUT2D eigenvalue weighted by molar-refractivity contribution is 8.00. The van der Waals surface area contributed by atoms with Crippen LogP contribution in [0, 0.1) is 4.91 Å². The number of rotatable bonds is 14. The maximum Gasteiger partial charge on any atom is 0.343 e.